The zero-order chi connectivity index (χ0) is 9.57. The number of ether oxygens (including phenoxy) is 3. The summed E-state index contributed by atoms with van der Waals surface area (Å²) < 4.78 is 15.2. The van der Waals surface area contributed by atoms with Crippen molar-refractivity contribution in [3.05, 3.63) is 12.8 Å². The van der Waals surface area contributed by atoms with Crippen LogP contribution in [0.2, 0.25) is 0 Å². The van der Waals surface area contributed by atoms with E-state index < -0.39 is 0 Å². The van der Waals surface area contributed by atoms with Gasteiger partial charge in [-0.2, -0.15) is 0 Å². The molecule has 0 atom stereocenters. The third-order valence-corrected chi connectivity index (χ3v) is 2.02. The van der Waals surface area contributed by atoms with Crippen molar-refractivity contribution in [1.29, 1.82) is 0 Å². The summed E-state index contributed by atoms with van der Waals surface area (Å²) in [7, 11) is 0. The topological polar surface area (TPSA) is 47.9 Å². The Hall–Kier alpha value is -0.580. The molecule has 0 aromatic heterocycles. The highest BCUT2D eigenvalue weighted by Gasteiger charge is 2.38. The molecule has 0 bridgehead atoms. The van der Waals surface area contributed by atoms with E-state index in [-0.39, 0.29) is 12.0 Å². The maximum atomic E-state index is 9.03. The van der Waals surface area contributed by atoms with Gasteiger partial charge in [-0.1, -0.05) is 6.58 Å². The molecule has 1 heterocycles. The number of hydrogen-bond donors (Lipinski definition) is 1. The van der Waals surface area contributed by atoms with Gasteiger partial charge in [0.25, 0.3) is 0 Å². The van der Waals surface area contributed by atoms with E-state index in [0.29, 0.717) is 33.0 Å². The normalized spacial score (nSPS) is 19.2. The molecule has 1 fully saturated rings. The maximum absolute atomic E-state index is 9.03. The van der Waals surface area contributed by atoms with Crippen LogP contribution in [0.25, 0.3) is 0 Å². The lowest BCUT2D eigenvalue weighted by molar-refractivity contribution is -0.169. The lowest BCUT2D eigenvalue weighted by Crippen LogP contribution is -2.49. The molecule has 1 aliphatic heterocycles. The fraction of sp³-hybridized carbons (Fsp3) is 0.778. The first-order chi connectivity index (χ1) is 6.33. The summed E-state index contributed by atoms with van der Waals surface area (Å²) in [5.74, 6) is 0. The molecule has 0 spiro atoms. The van der Waals surface area contributed by atoms with Crippen LogP contribution in [0.1, 0.15) is 0 Å². The third kappa shape index (κ3) is 2.99. The number of aliphatic hydroxyl groups excluding tert-OH is 1. The van der Waals surface area contributed by atoms with E-state index in [1.54, 1.807) is 0 Å². The van der Waals surface area contributed by atoms with Gasteiger partial charge in [-0.3, -0.25) is 0 Å². The second kappa shape index (κ2) is 5.21. The molecule has 4 heteroatoms. The monoisotopic (exact) mass is 188 g/mol. The summed E-state index contributed by atoms with van der Waals surface area (Å²) in [6, 6.07) is 0. The number of aliphatic hydroxyl groups is 1. The zero-order valence-corrected chi connectivity index (χ0v) is 7.70. The minimum absolute atomic E-state index is 0.120. The van der Waals surface area contributed by atoms with E-state index in [1.165, 1.54) is 6.26 Å². The lowest BCUT2D eigenvalue weighted by atomic mass is 9.88. The molecule has 1 saturated heterocycles. The van der Waals surface area contributed by atoms with Gasteiger partial charge in [0.2, 0.25) is 0 Å². The standard InChI is InChI=1S/C9H16O4/c1-2-11-3-4-12-6-9(5-10)7-13-8-9/h2,10H,1,3-8H2. The second-order valence-corrected chi connectivity index (χ2v) is 3.24. The van der Waals surface area contributed by atoms with E-state index >= 15 is 0 Å². The van der Waals surface area contributed by atoms with Gasteiger partial charge in [-0.15, -0.1) is 0 Å². The van der Waals surface area contributed by atoms with Crippen molar-refractivity contribution in [2.75, 3.05) is 39.6 Å². The van der Waals surface area contributed by atoms with Gasteiger partial charge in [0.05, 0.1) is 44.7 Å². The van der Waals surface area contributed by atoms with E-state index in [2.05, 4.69) is 6.58 Å². The van der Waals surface area contributed by atoms with E-state index in [4.69, 9.17) is 19.3 Å². The van der Waals surface area contributed by atoms with E-state index in [1.807, 2.05) is 0 Å². The molecule has 1 rings (SSSR count). The van der Waals surface area contributed by atoms with Crippen molar-refractivity contribution < 1.29 is 19.3 Å². The molecule has 0 aliphatic carbocycles. The number of hydrogen-bond acceptors (Lipinski definition) is 4. The molecule has 0 amide bonds. The quantitative estimate of drug-likeness (QED) is 0.457. The van der Waals surface area contributed by atoms with Gasteiger partial charge in [0.15, 0.2) is 0 Å². The predicted octanol–water partition coefficient (Wildman–Crippen LogP) is 0.172. The Morgan fingerprint density at radius 3 is 2.69 bits per heavy atom. The van der Waals surface area contributed by atoms with Crippen molar-refractivity contribution in [2.45, 2.75) is 0 Å². The summed E-state index contributed by atoms with van der Waals surface area (Å²) in [6.45, 7) is 6.27. The smallest absolute Gasteiger partial charge is 0.111 e. The minimum atomic E-state index is -0.159. The van der Waals surface area contributed by atoms with Crippen LogP contribution in [0.15, 0.2) is 12.8 Å². The highest BCUT2D eigenvalue weighted by Crippen LogP contribution is 2.26. The van der Waals surface area contributed by atoms with Gasteiger partial charge >= 0.3 is 0 Å². The first kappa shape index (κ1) is 10.5. The van der Waals surface area contributed by atoms with Crippen LogP contribution >= 0.6 is 0 Å². The van der Waals surface area contributed by atoms with Crippen molar-refractivity contribution in [2.24, 2.45) is 5.41 Å². The Bertz CT molecular complexity index is 148. The maximum Gasteiger partial charge on any atom is 0.111 e. The van der Waals surface area contributed by atoms with Crippen LogP contribution in [0.4, 0.5) is 0 Å². The molecule has 13 heavy (non-hydrogen) atoms. The Morgan fingerprint density at radius 1 is 1.46 bits per heavy atom. The molecule has 1 N–H and O–H groups in total. The zero-order valence-electron chi connectivity index (χ0n) is 7.70. The molecule has 1 aliphatic rings. The van der Waals surface area contributed by atoms with Crippen LogP contribution in [-0.4, -0.2) is 44.7 Å². The third-order valence-electron chi connectivity index (χ3n) is 2.02. The molecule has 0 radical (unpaired) electrons. The molecule has 76 valence electrons. The van der Waals surface area contributed by atoms with Crippen molar-refractivity contribution in [3.63, 3.8) is 0 Å². The average molecular weight is 188 g/mol. The lowest BCUT2D eigenvalue weighted by Gasteiger charge is -2.39. The van der Waals surface area contributed by atoms with Gasteiger partial charge in [-0.05, 0) is 0 Å². The molecule has 0 unspecified atom stereocenters. The van der Waals surface area contributed by atoms with E-state index in [0.717, 1.165) is 0 Å². The van der Waals surface area contributed by atoms with Crippen LogP contribution in [0, 0.1) is 5.41 Å². The Balaban J connectivity index is 2.00. The summed E-state index contributed by atoms with van der Waals surface area (Å²) in [5, 5.41) is 9.03. The SMILES string of the molecule is C=COCCOCC1(CO)COC1. The fourth-order valence-corrected chi connectivity index (χ4v) is 1.09. The van der Waals surface area contributed by atoms with Crippen LogP contribution in [0.5, 0.6) is 0 Å². The summed E-state index contributed by atoms with van der Waals surface area (Å²) >= 11 is 0. The van der Waals surface area contributed by atoms with Crippen LogP contribution in [0.3, 0.4) is 0 Å². The Morgan fingerprint density at radius 2 is 2.23 bits per heavy atom. The summed E-state index contributed by atoms with van der Waals surface area (Å²) in [4.78, 5) is 0. The molecular formula is C9H16O4. The highest BCUT2D eigenvalue weighted by atomic mass is 16.5. The second-order valence-electron chi connectivity index (χ2n) is 3.24. The van der Waals surface area contributed by atoms with Gasteiger partial charge in [0, 0.05) is 0 Å². The first-order valence-electron chi connectivity index (χ1n) is 4.32. The largest absolute Gasteiger partial charge is 0.499 e. The van der Waals surface area contributed by atoms with Gasteiger partial charge in [0.1, 0.15) is 6.61 Å². The van der Waals surface area contributed by atoms with Crippen molar-refractivity contribution in [3.8, 4) is 0 Å². The van der Waals surface area contributed by atoms with Gasteiger partial charge in [-0.25, -0.2) is 0 Å². The predicted molar refractivity (Wildman–Crippen MR) is 47.3 cm³/mol. The molecule has 0 aromatic carbocycles. The fourth-order valence-electron chi connectivity index (χ4n) is 1.09. The summed E-state index contributed by atoms with van der Waals surface area (Å²) in [5.41, 5.74) is -0.159. The molecule has 0 aromatic rings. The van der Waals surface area contributed by atoms with Crippen molar-refractivity contribution >= 4 is 0 Å². The first-order valence-corrected chi connectivity index (χ1v) is 4.32. The Labute approximate surface area is 78.1 Å². The van der Waals surface area contributed by atoms with Crippen LogP contribution < -0.4 is 0 Å². The average Bonchev–Trinajstić information content (AvgIpc) is 2.09. The molecule has 4 nitrogen and oxygen atoms in total. The van der Waals surface area contributed by atoms with Crippen molar-refractivity contribution in [1.82, 2.24) is 0 Å². The Kier molecular flexibility index (Phi) is 4.21. The summed E-state index contributed by atoms with van der Waals surface area (Å²) in [6.07, 6.45) is 1.39. The number of rotatable bonds is 7. The minimum Gasteiger partial charge on any atom is -0.499 e. The molecule has 0 saturated carbocycles. The van der Waals surface area contributed by atoms with Crippen LogP contribution in [-0.2, 0) is 14.2 Å². The highest BCUT2D eigenvalue weighted by molar-refractivity contribution is 4.84. The van der Waals surface area contributed by atoms with Gasteiger partial charge < -0.3 is 19.3 Å². The molecular weight excluding hydrogens is 172 g/mol. The van der Waals surface area contributed by atoms with E-state index in [9.17, 15) is 0 Å².